The zero-order chi connectivity index (χ0) is 22.9. The molecule has 6 nitrogen and oxygen atoms in total. The molecule has 1 aromatic heterocycles. The van der Waals surface area contributed by atoms with Crippen LogP contribution >= 0.6 is 0 Å². The van der Waals surface area contributed by atoms with Crippen LogP contribution in [0.3, 0.4) is 0 Å². The number of para-hydroxylation sites is 1. The normalized spacial score (nSPS) is 25.4. The van der Waals surface area contributed by atoms with E-state index in [0.717, 1.165) is 41.7 Å². The van der Waals surface area contributed by atoms with Crippen molar-refractivity contribution in [3.8, 4) is 17.2 Å². The molecule has 2 aromatic carbocycles. The molecular weight excluding hydrogens is 414 g/mol. The number of phenols is 2. The van der Waals surface area contributed by atoms with Crippen molar-refractivity contribution in [1.29, 1.82) is 0 Å². The molecule has 6 rings (SSSR count). The Morgan fingerprint density at radius 2 is 2.12 bits per heavy atom. The van der Waals surface area contributed by atoms with E-state index < -0.39 is 0 Å². The number of fused-ring (bicyclic) bond motifs is 4. The highest BCUT2D eigenvalue weighted by molar-refractivity contribution is 5.87. The maximum atomic E-state index is 10.3. The number of rotatable bonds is 6. The van der Waals surface area contributed by atoms with Crippen LogP contribution in [0.4, 0.5) is 0 Å². The molecular formula is C27H29N3O3. The molecule has 33 heavy (non-hydrogen) atoms. The minimum absolute atomic E-state index is 0.149. The summed E-state index contributed by atoms with van der Waals surface area (Å²) in [5.41, 5.74) is 2.48. The molecule has 0 amide bonds. The van der Waals surface area contributed by atoms with E-state index in [1.165, 1.54) is 12.5 Å². The van der Waals surface area contributed by atoms with Crippen molar-refractivity contribution >= 4 is 17.1 Å². The second-order valence-electron chi connectivity index (χ2n) is 8.97. The molecule has 170 valence electrons. The Morgan fingerprint density at radius 1 is 1.24 bits per heavy atom. The van der Waals surface area contributed by atoms with Gasteiger partial charge < -0.3 is 14.9 Å². The number of ether oxygens (including phenoxy) is 1. The number of piperidine rings is 3. The Morgan fingerprint density at radius 3 is 2.88 bits per heavy atom. The summed E-state index contributed by atoms with van der Waals surface area (Å²) >= 11 is 0. The Balaban J connectivity index is 1.61. The number of aromatic hydroxyl groups is 2. The van der Waals surface area contributed by atoms with E-state index in [9.17, 15) is 10.2 Å². The number of hydrogen-bond acceptors (Lipinski definition) is 6. The molecule has 0 aliphatic carbocycles. The van der Waals surface area contributed by atoms with Crippen LogP contribution in [-0.4, -0.2) is 52.6 Å². The Bertz CT molecular complexity index is 1210. The molecule has 3 fully saturated rings. The first-order valence-corrected chi connectivity index (χ1v) is 11.4. The topological polar surface area (TPSA) is 78.2 Å². The van der Waals surface area contributed by atoms with Crippen LogP contribution < -0.4 is 4.74 Å². The summed E-state index contributed by atoms with van der Waals surface area (Å²) < 4.78 is 5.49. The van der Waals surface area contributed by atoms with E-state index in [0.29, 0.717) is 17.4 Å². The van der Waals surface area contributed by atoms with Crippen LogP contribution in [-0.2, 0) is 0 Å². The smallest absolute Gasteiger partial charge is 0.166 e. The van der Waals surface area contributed by atoms with Gasteiger partial charge in [0.2, 0.25) is 0 Å². The average Bonchev–Trinajstić information content (AvgIpc) is 2.86. The van der Waals surface area contributed by atoms with Crippen molar-refractivity contribution in [2.24, 2.45) is 16.8 Å². The van der Waals surface area contributed by atoms with E-state index in [1.54, 1.807) is 25.5 Å². The maximum Gasteiger partial charge on any atom is 0.166 e. The second-order valence-corrected chi connectivity index (χ2v) is 8.97. The molecule has 3 unspecified atom stereocenters. The van der Waals surface area contributed by atoms with Gasteiger partial charge in [0.15, 0.2) is 11.5 Å². The molecule has 3 aromatic rings. The monoisotopic (exact) mass is 443 g/mol. The SMILES string of the molecule is C=CC1CN2CCC1C[C@H]2[C@@H](N=Cc1cccc(O)c1O)c1ccnc2ccc(OC)cc12. The number of methoxy groups -OCH3 is 1. The predicted octanol–water partition coefficient (Wildman–Crippen LogP) is 4.71. The molecule has 0 spiro atoms. The quantitative estimate of drug-likeness (QED) is 0.328. The molecule has 4 heterocycles. The van der Waals surface area contributed by atoms with Crippen LogP contribution in [0.2, 0.25) is 0 Å². The Kier molecular flexibility index (Phi) is 5.77. The zero-order valence-electron chi connectivity index (χ0n) is 18.8. The van der Waals surface area contributed by atoms with E-state index >= 15 is 0 Å². The summed E-state index contributed by atoms with van der Waals surface area (Å²) in [5.74, 6) is 1.60. The summed E-state index contributed by atoms with van der Waals surface area (Å²) in [6.07, 6.45) is 7.84. The number of aromatic nitrogens is 1. The van der Waals surface area contributed by atoms with Crippen LogP contribution in [0.1, 0.15) is 30.0 Å². The average molecular weight is 444 g/mol. The number of pyridine rings is 1. The lowest BCUT2D eigenvalue weighted by atomic mass is 9.73. The van der Waals surface area contributed by atoms with Gasteiger partial charge in [0.25, 0.3) is 0 Å². The van der Waals surface area contributed by atoms with Gasteiger partial charge >= 0.3 is 0 Å². The van der Waals surface area contributed by atoms with E-state index in [4.69, 9.17) is 9.73 Å². The van der Waals surface area contributed by atoms with Gasteiger partial charge in [-0.25, -0.2) is 0 Å². The molecule has 3 aliphatic heterocycles. The van der Waals surface area contributed by atoms with Gasteiger partial charge in [-0.05, 0) is 73.2 Å². The van der Waals surface area contributed by atoms with E-state index in [-0.39, 0.29) is 23.6 Å². The Hall–Kier alpha value is -3.38. The van der Waals surface area contributed by atoms with Crippen LogP contribution in [0.5, 0.6) is 17.2 Å². The molecule has 0 saturated carbocycles. The number of nitrogens with zero attached hydrogens (tertiary/aromatic N) is 3. The fourth-order valence-electron chi connectivity index (χ4n) is 5.44. The lowest BCUT2D eigenvalue weighted by Crippen LogP contribution is -2.54. The van der Waals surface area contributed by atoms with E-state index in [2.05, 4.69) is 22.5 Å². The number of benzene rings is 2. The highest BCUT2D eigenvalue weighted by Gasteiger charge is 2.42. The highest BCUT2D eigenvalue weighted by atomic mass is 16.5. The minimum atomic E-state index is -0.155. The summed E-state index contributed by atoms with van der Waals surface area (Å²) in [4.78, 5) is 12.1. The molecule has 3 aliphatic rings. The lowest BCUT2D eigenvalue weighted by molar-refractivity contribution is 0.00796. The minimum Gasteiger partial charge on any atom is -0.504 e. The van der Waals surface area contributed by atoms with Gasteiger partial charge in [-0.3, -0.25) is 14.9 Å². The van der Waals surface area contributed by atoms with Crippen LogP contribution in [0, 0.1) is 11.8 Å². The van der Waals surface area contributed by atoms with Crippen molar-refractivity contribution in [3.05, 3.63) is 72.4 Å². The van der Waals surface area contributed by atoms with Gasteiger partial charge in [-0.2, -0.15) is 0 Å². The first-order valence-electron chi connectivity index (χ1n) is 11.4. The molecule has 6 heteroatoms. The van der Waals surface area contributed by atoms with Crippen molar-refractivity contribution in [3.63, 3.8) is 0 Å². The molecule has 2 N–H and O–H groups in total. The van der Waals surface area contributed by atoms with Crippen LogP contribution in [0.15, 0.2) is 66.3 Å². The van der Waals surface area contributed by atoms with Crippen molar-refractivity contribution in [2.45, 2.75) is 24.9 Å². The largest absolute Gasteiger partial charge is 0.504 e. The third-order valence-corrected chi connectivity index (χ3v) is 7.24. The standard InChI is InChI=1S/C27H29N3O3/c1-3-17-16-30-12-10-18(17)13-24(30)26(29-15-19-5-4-6-25(31)27(19)32)21-9-11-28-23-8-7-20(33-2)14-22(21)23/h3-9,11,14-15,17-18,24,26,31-32H,1,10,12-13,16H2,2H3/t17?,18?,24-,26-/m0/s1. The summed E-state index contributed by atoms with van der Waals surface area (Å²) in [5, 5.41) is 21.3. The zero-order valence-corrected chi connectivity index (χ0v) is 18.8. The van der Waals surface area contributed by atoms with Crippen molar-refractivity contribution < 1.29 is 14.9 Å². The molecule has 2 bridgehead atoms. The second kappa shape index (κ2) is 8.87. The lowest BCUT2D eigenvalue weighted by Gasteiger charge is -2.51. The fourth-order valence-corrected chi connectivity index (χ4v) is 5.44. The van der Waals surface area contributed by atoms with Crippen LogP contribution in [0.25, 0.3) is 10.9 Å². The highest BCUT2D eigenvalue weighted by Crippen LogP contribution is 2.44. The van der Waals surface area contributed by atoms with Gasteiger partial charge in [-0.1, -0.05) is 12.1 Å². The maximum absolute atomic E-state index is 10.3. The number of aliphatic imine (C=N–C) groups is 1. The summed E-state index contributed by atoms with van der Waals surface area (Å²) in [6.45, 7) is 6.10. The summed E-state index contributed by atoms with van der Waals surface area (Å²) in [6, 6.07) is 13.0. The molecule has 3 saturated heterocycles. The van der Waals surface area contributed by atoms with Gasteiger partial charge in [-0.15, -0.1) is 6.58 Å². The molecule has 5 atom stereocenters. The fraction of sp³-hybridized carbons (Fsp3) is 0.333. The van der Waals surface area contributed by atoms with Crippen molar-refractivity contribution in [2.75, 3.05) is 20.2 Å². The Labute approximate surface area is 193 Å². The van der Waals surface area contributed by atoms with Gasteiger partial charge in [0.1, 0.15) is 5.75 Å². The predicted molar refractivity (Wildman–Crippen MR) is 130 cm³/mol. The van der Waals surface area contributed by atoms with Gasteiger partial charge in [0, 0.05) is 35.9 Å². The molecule has 0 radical (unpaired) electrons. The van der Waals surface area contributed by atoms with Crippen molar-refractivity contribution in [1.82, 2.24) is 9.88 Å². The third-order valence-electron chi connectivity index (χ3n) is 7.24. The first kappa shape index (κ1) is 21.5. The third kappa shape index (κ3) is 3.95. The number of hydrogen-bond donors (Lipinski definition) is 2. The van der Waals surface area contributed by atoms with E-state index in [1.807, 2.05) is 30.5 Å². The summed E-state index contributed by atoms with van der Waals surface area (Å²) in [7, 11) is 1.67. The first-order chi connectivity index (χ1) is 16.1. The number of phenolic OH excluding ortho intramolecular Hbond substituents is 2. The van der Waals surface area contributed by atoms with Gasteiger partial charge in [0.05, 0.1) is 18.7 Å².